The molecule has 0 saturated heterocycles. The van der Waals surface area contributed by atoms with Crippen LogP contribution in [0.2, 0.25) is 0 Å². The first kappa shape index (κ1) is 24.4. The highest BCUT2D eigenvalue weighted by Gasteiger charge is 2.35. The van der Waals surface area contributed by atoms with Gasteiger partial charge in [-0.2, -0.15) is 5.10 Å². The fraction of sp³-hybridized carbons (Fsp3) is 0.240. The van der Waals surface area contributed by atoms with Crippen LogP contribution in [0.25, 0.3) is 0 Å². The molecule has 0 radical (unpaired) electrons. The van der Waals surface area contributed by atoms with Gasteiger partial charge in [0.25, 0.3) is 5.91 Å². The predicted octanol–water partition coefficient (Wildman–Crippen LogP) is 3.42. The third kappa shape index (κ3) is 5.50. The lowest BCUT2D eigenvalue weighted by Crippen LogP contribution is -2.31. The molecule has 1 N–H and O–H groups in total. The van der Waals surface area contributed by atoms with Gasteiger partial charge in [0.1, 0.15) is 11.8 Å². The number of furan rings is 1. The van der Waals surface area contributed by atoms with E-state index in [0.29, 0.717) is 17.9 Å². The van der Waals surface area contributed by atoms with Crippen molar-refractivity contribution in [1.29, 1.82) is 0 Å². The second kappa shape index (κ2) is 10.2. The van der Waals surface area contributed by atoms with Gasteiger partial charge in [0, 0.05) is 13.0 Å². The second-order valence-electron chi connectivity index (χ2n) is 7.99. The topological polar surface area (TPSA) is 118 Å². The maximum Gasteiger partial charge on any atom is 0.338 e. The highest BCUT2D eigenvalue weighted by Crippen LogP contribution is 2.33. The van der Waals surface area contributed by atoms with E-state index in [1.807, 2.05) is 31.2 Å². The molecular weight excluding hydrogens is 470 g/mol. The van der Waals surface area contributed by atoms with E-state index < -0.39 is 34.5 Å². The lowest BCUT2D eigenvalue weighted by Gasteiger charge is -2.19. The third-order valence-electron chi connectivity index (χ3n) is 5.46. The smallest absolute Gasteiger partial charge is 0.338 e. The molecule has 2 heterocycles. The molecule has 0 bridgehead atoms. The summed E-state index contributed by atoms with van der Waals surface area (Å²) in [6.07, 6.45) is 1.97. The number of benzene rings is 2. The van der Waals surface area contributed by atoms with Crippen molar-refractivity contribution in [3.05, 3.63) is 89.4 Å². The summed E-state index contributed by atoms with van der Waals surface area (Å²) < 4.78 is 37.5. The SMILES string of the molecule is CCNS(=O)(=O)c1cccc(C(=O)OCC(=O)N2N=C(c3ccc(C)cc3)C[C@@H]2c2ccco2)c1. The van der Waals surface area contributed by atoms with Crippen molar-refractivity contribution >= 4 is 27.6 Å². The quantitative estimate of drug-likeness (QED) is 0.479. The van der Waals surface area contributed by atoms with Crippen LogP contribution in [0.4, 0.5) is 0 Å². The first-order valence-corrected chi connectivity index (χ1v) is 12.5. The molecule has 182 valence electrons. The largest absolute Gasteiger partial charge is 0.467 e. The summed E-state index contributed by atoms with van der Waals surface area (Å²) in [7, 11) is -3.74. The molecule has 0 spiro atoms. The first-order chi connectivity index (χ1) is 16.8. The molecule has 2 aromatic carbocycles. The van der Waals surface area contributed by atoms with Gasteiger partial charge in [0.15, 0.2) is 6.61 Å². The Kier molecular flexibility index (Phi) is 7.13. The first-order valence-electron chi connectivity index (χ1n) is 11.1. The highest BCUT2D eigenvalue weighted by molar-refractivity contribution is 7.89. The number of nitrogens with one attached hydrogen (secondary N) is 1. The van der Waals surface area contributed by atoms with Gasteiger partial charge >= 0.3 is 5.97 Å². The third-order valence-corrected chi connectivity index (χ3v) is 7.01. The van der Waals surface area contributed by atoms with Crippen molar-refractivity contribution in [1.82, 2.24) is 9.73 Å². The van der Waals surface area contributed by atoms with Gasteiger partial charge in [-0.25, -0.2) is 22.9 Å². The van der Waals surface area contributed by atoms with Gasteiger partial charge < -0.3 is 9.15 Å². The van der Waals surface area contributed by atoms with E-state index in [2.05, 4.69) is 9.82 Å². The molecule has 1 aliphatic heterocycles. The number of carbonyl (C=O) groups is 2. The number of ether oxygens (including phenoxy) is 1. The van der Waals surface area contributed by atoms with Gasteiger partial charge in [-0.3, -0.25) is 4.79 Å². The Morgan fingerprint density at radius 3 is 2.60 bits per heavy atom. The van der Waals surface area contributed by atoms with Crippen molar-refractivity contribution in [2.45, 2.75) is 31.2 Å². The Morgan fingerprint density at radius 2 is 1.91 bits per heavy atom. The summed E-state index contributed by atoms with van der Waals surface area (Å²) in [6.45, 7) is 3.29. The Balaban J connectivity index is 1.49. The summed E-state index contributed by atoms with van der Waals surface area (Å²) >= 11 is 0. The molecule has 0 aliphatic carbocycles. The molecular formula is C25H25N3O6S. The fourth-order valence-corrected chi connectivity index (χ4v) is 4.79. The van der Waals surface area contributed by atoms with E-state index in [4.69, 9.17) is 9.15 Å². The summed E-state index contributed by atoms with van der Waals surface area (Å²) in [6, 6.07) is 16.3. The zero-order valence-corrected chi connectivity index (χ0v) is 20.1. The lowest BCUT2D eigenvalue weighted by atomic mass is 10.0. The number of nitrogens with zero attached hydrogens (tertiary/aromatic N) is 2. The molecule has 3 aromatic rings. The second-order valence-corrected chi connectivity index (χ2v) is 9.76. The average molecular weight is 496 g/mol. The van der Waals surface area contributed by atoms with Gasteiger partial charge in [-0.1, -0.05) is 42.8 Å². The molecule has 10 heteroatoms. The molecule has 0 unspecified atom stereocenters. The molecule has 1 amide bonds. The molecule has 9 nitrogen and oxygen atoms in total. The Morgan fingerprint density at radius 1 is 1.14 bits per heavy atom. The van der Waals surface area contributed by atoms with Gasteiger partial charge in [0.05, 0.1) is 22.4 Å². The van der Waals surface area contributed by atoms with Crippen LogP contribution in [0, 0.1) is 6.92 Å². The normalized spacial score (nSPS) is 15.7. The van der Waals surface area contributed by atoms with Crippen molar-refractivity contribution < 1.29 is 27.2 Å². The number of aryl methyl sites for hydroxylation is 1. The van der Waals surface area contributed by atoms with Crippen molar-refractivity contribution in [2.75, 3.05) is 13.2 Å². The number of amides is 1. The van der Waals surface area contributed by atoms with Crippen LogP contribution < -0.4 is 4.72 Å². The van der Waals surface area contributed by atoms with Crippen LogP contribution in [0.15, 0.2) is 81.3 Å². The van der Waals surface area contributed by atoms with Crippen LogP contribution in [-0.2, 0) is 19.6 Å². The van der Waals surface area contributed by atoms with Gasteiger partial charge in [0.2, 0.25) is 10.0 Å². The van der Waals surface area contributed by atoms with Crippen molar-refractivity contribution in [3.63, 3.8) is 0 Å². The monoisotopic (exact) mass is 495 g/mol. The molecule has 0 saturated carbocycles. The van der Waals surface area contributed by atoms with E-state index in [9.17, 15) is 18.0 Å². The molecule has 0 fully saturated rings. The van der Waals surface area contributed by atoms with Crippen molar-refractivity contribution in [3.8, 4) is 0 Å². The van der Waals surface area contributed by atoms with E-state index >= 15 is 0 Å². The number of esters is 1. The molecule has 35 heavy (non-hydrogen) atoms. The standard InChI is InChI=1S/C25H25N3O6S/c1-3-26-35(31,32)20-7-4-6-19(14-20)25(30)34-16-24(29)28-22(23-8-5-13-33-23)15-21(27-28)18-11-9-17(2)10-12-18/h4-14,22,26H,3,15-16H2,1-2H3/t22-/m1/s1. The van der Waals surface area contributed by atoms with Crippen LogP contribution in [-0.4, -0.2) is 44.2 Å². The minimum atomic E-state index is -3.74. The van der Waals surface area contributed by atoms with Crippen LogP contribution in [0.1, 0.15) is 46.6 Å². The molecule has 1 aromatic heterocycles. The van der Waals surface area contributed by atoms with E-state index in [1.54, 1.807) is 19.1 Å². The minimum Gasteiger partial charge on any atom is -0.467 e. The highest BCUT2D eigenvalue weighted by atomic mass is 32.2. The molecule has 1 aliphatic rings. The predicted molar refractivity (Wildman–Crippen MR) is 128 cm³/mol. The number of hydrogen-bond donors (Lipinski definition) is 1. The average Bonchev–Trinajstić information content (AvgIpc) is 3.53. The summed E-state index contributed by atoms with van der Waals surface area (Å²) in [5.41, 5.74) is 2.73. The van der Waals surface area contributed by atoms with E-state index in [-0.39, 0.29) is 17.0 Å². The summed E-state index contributed by atoms with van der Waals surface area (Å²) in [5.74, 6) is -0.779. The van der Waals surface area contributed by atoms with Crippen molar-refractivity contribution in [2.24, 2.45) is 5.10 Å². The molecule has 4 rings (SSSR count). The van der Waals surface area contributed by atoms with Crippen LogP contribution in [0.3, 0.4) is 0 Å². The van der Waals surface area contributed by atoms with Gasteiger partial charge in [-0.05, 0) is 42.8 Å². The minimum absolute atomic E-state index is 0.0182. The zero-order chi connectivity index (χ0) is 25.0. The van der Waals surface area contributed by atoms with E-state index in [0.717, 1.165) is 11.1 Å². The number of rotatable bonds is 8. The Bertz CT molecular complexity index is 1350. The summed E-state index contributed by atoms with van der Waals surface area (Å²) in [5, 5.41) is 5.78. The number of hydrazone groups is 1. The van der Waals surface area contributed by atoms with Gasteiger partial charge in [-0.15, -0.1) is 0 Å². The maximum atomic E-state index is 13.0. The molecule has 1 atom stereocenters. The fourth-order valence-electron chi connectivity index (χ4n) is 3.70. The zero-order valence-electron chi connectivity index (χ0n) is 19.3. The number of hydrogen-bond acceptors (Lipinski definition) is 7. The maximum absolute atomic E-state index is 13.0. The van der Waals surface area contributed by atoms with Crippen LogP contribution in [0.5, 0.6) is 0 Å². The lowest BCUT2D eigenvalue weighted by molar-refractivity contribution is -0.136. The summed E-state index contributed by atoms with van der Waals surface area (Å²) in [4.78, 5) is 25.5. The Hall–Kier alpha value is -3.76. The van der Waals surface area contributed by atoms with E-state index in [1.165, 1.54) is 35.5 Å². The van der Waals surface area contributed by atoms with Crippen LogP contribution >= 0.6 is 0 Å². The Labute approximate surface area is 203 Å². The number of sulfonamides is 1. The number of carbonyl (C=O) groups excluding carboxylic acids is 2.